The van der Waals surface area contributed by atoms with Crippen LogP contribution in [0.4, 0.5) is 0 Å². The second-order valence-corrected chi connectivity index (χ2v) is 7.51. The summed E-state index contributed by atoms with van der Waals surface area (Å²) in [7, 11) is 1.59. The minimum atomic E-state index is -1.64. The van der Waals surface area contributed by atoms with E-state index in [0.29, 0.717) is 5.75 Å². The van der Waals surface area contributed by atoms with Crippen LogP contribution in [0, 0.1) is 45.3 Å². The molecule has 0 amide bonds. The lowest BCUT2D eigenvalue weighted by Crippen LogP contribution is -2.42. The van der Waals surface area contributed by atoms with Crippen molar-refractivity contribution >= 4 is 10.8 Å². The first kappa shape index (κ1) is 18.6. The van der Waals surface area contributed by atoms with Crippen LogP contribution in [0.15, 0.2) is 59.3 Å². The molecule has 2 aliphatic rings. The van der Waals surface area contributed by atoms with Gasteiger partial charge in [0.15, 0.2) is 5.41 Å². The Balaban J connectivity index is 2.14. The molecular formula is C24H20N4O. The zero-order chi connectivity index (χ0) is 20.6. The second-order valence-electron chi connectivity index (χ2n) is 7.51. The van der Waals surface area contributed by atoms with Crippen molar-refractivity contribution in [1.82, 2.24) is 0 Å². The molecule has 2 N–H and O–H groups in total. The molecule has 2 aliphatic carbocycles. The normalized spacial score (nSPS) is 22.6. The van der Waals surface area contributed by atoms with Crippen molar-refractivity contribution in [3.63, 3.8) is 0 Å². The largest absolute Gasteiger partial charge is 0.496 e. The van der Waals surface area contributed by atoms with Gasteiger partial charge in [-0.2, -0.15) is 15.8 Å². The Morgan fingerprint density at radius 2 is 1.86 bits per heavy atom. The lowest BCUT2D eigenvalue weighted by Gasteiger charge is -2.44. The fraction of sp³-hybridized carbons (Fsp3) is 0.292. The summed E-state index contributed by atoms with van der Waals surface area (Å²) in [5.74, 6) is -0.0476. The molecule has 0 aromatic heterocycles. The van der Waals surface area contributed by atoms with Gasteiger partial charge in [0.2, 0.25) is 0 Å². The Morgan fingerprint density at radius 1 is 1.10 bits per heavy atom. The Kier molecular flexibility index (Phi) is 4.50. The number of nitriles is 3. The molecule has 0 unspecified atom stereocenters. The number of rotatable bonds is 2. The van der Waals surface area contributed by atoms with Gasteiger partial charge in [0.05, 0.1) is 30.5 Å². The Bertz CT molecular complexity index is 1170. The van der Waals surface area contributed by atoms with Crippen LogP contribution in [-0.4, -0.2) is 7.11 Å². The molecule has 0 radical (unpaired) electrons. The minimum Gasteiger partial charge on any atom is -0.496 e. The van der Waals surface area contributed by atoms with E-state index in [2.05, 4.69) is 18.2 Å². The van der Waals surface area contributed by atoms with Gasteiger partial charge in [-0.3, -0.25) is 0 Å². The lowest BCUT2D eigenvalue weighted by atomic mass is 9.56. The maximum atomic E-state index is 10.2. The Labute approximate surface area is 169 Å². The topological polar surface area (TPSA) is 107 Å². The molecule has 0 saturated heterocycles. The Morgan fingerprint density at radius 3 is 2.55 bits per heavy atom. The van der Waals surface area contributed by atoms with Crippen LogP contribution >= 0.6 is 0 Å². The van der Waals surface area contributed by atoms with Gasteiger partial charge in [0.25, 0.3) is 0 Å². The van der Waals surface area contributed by atoms with Crippen LogP contribution in [0.1, 0.15) is 30.7 Å². The number of nitrogens with two attached hydrogens (primary N) is 1. The van der Waals surface area contributed by atoms with E-state index < -0.39 is 11.3 Å². The predicted octanol–water partition coefficient (Wildman–Crippen LogP) is 4.44. The molecule has 29 heavy (non-hydrogen) atoms. The quantitative estimate of drug-likeness (QED) is 0.829. The first-order valence-corrected chi connectivity index (χ1v) is 9.61. The van der Waals surface area contributed by atoms with Crippen LogP contribution in [0.3, 0.4) is 0 Å². The number of hydrogen-bond donors (Lipinski definition) is 1. The second kappa shape index (κ2) is 7.01. The summed E-state index contributed by atoms with van der Waals surface area (Å²) in [5.41, 5.74) is 6.76. The summed E-state index contributed by atoms with van der Waals surface area (Å²) in [6.45, 7) is 0. The maximum Gasteiger partial charge on any atom is 0.191 e. The molecule has 5 heteroatoms. The highest BCUT2D eigenvalue weighted by Crippen LogP contribution is 2.58. The fourth-order valence-electron chi connectivity index (χ4n) is 4.96. The third-order valence-corrected chi connectivity index (χ3v) is 6.26. The van der Waals surface area contributed by atoms with Gasteiger partial charge in [-0.25, -0.2) is 0 Å². The average Bonchev–Trinajstić information content (AvgIpc) is 2.78. The molecule has 0 saturated carbocycles. The van der Waals surface area contributed by atoms with Gasteiger partial charge < -0.3 is 10.5 Å². The summed E-state index contributed by atoms with van der Waals surface area (Å²) < 4.78 is 5.70. The van der Waals surface area contributed by atoms with Gasteiger partial charge in [0, 0.05) is 11.5 Å². The maximum absolute atomic E-state index is 10.2. The van der Waals surface area contributed by atoms with E-state index in [4.69, 9.17) is 10.5 Å². The number of hydrogen-bond acceptors (Lipinski definition) is 5. The van der Waals surface area contributed by atoms with Gasteiger partial charge in [-0.1, -0.05) is 36.4 Å². The van der Waals surface area contributed by atoms with Crippen LogP contribution in [0.25, 0.3) is 10.8 Å². The number of fused-ring (bicyclic) bond motifs is 2. The number of benzene rings is 2. The highest BCUT2D eigenvalue weighted by atomic mass is 16.5. The van der Waals surface area contributed by atoms with Crippen LogP contribution in [0.5, 0.6) is 5.75 Å². The van der Waals surface area contributed by atoms with E-state index in [1.54, 1.807) is 7.11 Å². The van der Waals surface area contributed by atoms with Crippen molar-refractivity contribution in [3.8, 4) is 24.0 Å². The van der Waals surface area contributed by atoms with Crippen molar-refractivity contribution < 1.29 is 4.74 Å². The van der Waals surface area contributed by atoms with E-state index in [-0.39, 0.29) is 17.2 Å². The van der Waals surface area contributed by atoms with Crippen molar-refractivity contribution in [2.75, 3.05) is 7.11 Å². The lowest BCUT2D eigenvalue weighted by molar-refractivity contribution is 0.307. The van der Waals surface area contributed by atoms with Gasteiger partial charge in [-0.15, -0.1) is 0 Å². The average molecular weight is 380 g/mol. The van der Waals surface area contributed by atoms with Crippen molar-refractivity contribution in [2.45, 2.75) is 25.2 Å². The summed E-state index contributed by atoms with van der Waals surface area (Å²) in [6.07, 6.45) is 4.62. The molecule has 4 rings (SSSR count). The van der Waals surface area contributed by atoms with E-state index >= 15 is 0 Å². The number of methoxy groups -OCH3 is 1. The Hall–Kier alpha value is -3.75. The predicted molar refractivity (Wildman–Crippen MR) is 109 cm³/mol. The standard InChI is InChI=1S/C24H20N4O/c1-29-20-11-10-15-6-2-3-7-16(15)21(20)22-18-9-5-4-8-17(18)19(12-25)23(28)24(22,13-26)14-27/h2-3,6-8,10-11,18,22H,4-5,9,28H2,1H3/t18-,22-/m1/s1. The molecule has 0 heterocycles. The molecule has 0 spiro atoms. The monoisotopic (exact) mass is 380 g/mol. The molecular weight excluding hydrogens is 360 g/mol. The SMILES string of the molecule is COc1ccc2ccccc2c1[C@H]1[C@@H]2CCCC=C2C(C#N)=C(N)C1(C#N)C#N. The summed E-state index contributed by atoms with van der Waals surface area (Å²) >= 11 is 0. The van der Waals surface area contributed by atoms with Gasteiger partial charge >= 0.3 is 0 Å². The molecule has 0 fully saturated rings. The van der Waals surface area contributed by atoms with Crippen LogP contribution < -0.4 is 10.5 Å². The first-order valence-electron chi connectivity index (χ1n) is 9.61. The van der Waals surface area contributed by atoms with Gasteiger partial charge in [-0.05, 0) is 47.6 Å². The molecule has 142 valence electrons. The fourth-order valence-corrected chi connectivity index (χ4v) is 4.96. The molecule has 0 bridgehead atoms. The van der Waals surface area contributed by atoms with Crippen molar-refractivity contribution in [3.05, 3.63) is 64.9 Å². The molecule has 2 aromatic rings. The third kappa shape index (κ3) is 2.50. The van der Waals surface area contributed by atoms with Gasteiger partial charge in [0.1, 0.15) is 11.8 Å². The summed E-state index contributed by atoms with van der Waals surface area (Å²) in [4.78, 5) is 0. The zero-order valence-corrected chi connectivity index (χ0v) is 16.1. The van der Waals surface area contributed by atoms with Crippen molar-refractivity contribution in [2.24, 2.45) is 17.1 Å². The van der Waals surface area contributed by atoms with E-state index in [1.165, 1.54) is 0 Å². The molecule has 5 nitrogen and oxygen atoms in total. The minimum absolute atomic E-state index is 0.0504. The van der Waals surface area contributed by atoms with Crippen LogP contribution in [-0.2, 0) is 0 Å². The number of allylic oxidation sites excluding steroid dienone is 4. The van der Waals surface area contributed by atoms with E-state index in [1.807, 2.05) is 42.5 Å². The summed E-state index contributed by atoms with van der Waals surface area (Å²) in [6, 6.07) is 18.3. The number of ether oxygens (including phenoxy) is 1. The van der Waals surface area contributed by atoms with E-state index in [9.17, 15) is 15.8 Å². The van der Waals surface area contributed by atoms with Crippen LogP contribution in [0.2, 0.25) is 0 Å². The highest BCUT2D eigenvalue weighted by molar-refractivity contribution is 5.89. The molecule has 0 aliphatic heterocycles. The molecule has 2 atom stereocenters. The smallest absolute Gasteiger partial charge is 0.191 e. The van der Waals surface area contributed by atoms with Crippen molar-refractivity contribution in [1.29, 1.82) is 15.8 Å². The third-order valence-electron chi connectivity index (χ3n) is 6.26. The first-order chi connectivity index (χ1) is 14.1. The van der Waals surface area contributed by atoms with E-state index in [0.717, 1.165) is 41.2 Å². The highest BCUT2D eigenvalue weighted by Gasteiger charge is 2.54. The number of nitrogens with zero attached hydrogens (tertiary/aromatic N) is 3. The zero-order valence-electron chi connectivity index (χ0n) is 16.1. The summed E-state index contributed by atoms with van der Waals surface area (Å²) in [5, 5.41) is 32.2. The molecule has 2 aromatic carbocycles.